The molecule has 0 unspecified atom stereocenters. The zero-order valence-electron chi connectivity index (χ0n) is 14.3. The number of aromatic nitrogens is 3. The van der Waals surface area contributed by atoms with Crippen molar-refractivity contribution in [1.29, 1.82) is 0 Å². The van der Waals surface area contributed by atoms with Crippen LogP contribution >= 0.6 is 0 Å². The Morgan fingerprint density at radius 3 is 2.73 bits per heavy atom. The van der Waals surface area contributed by atoms with E-state index >= 15 is 0 Å². The van der Waals surface area contributed by atoms with Crippen molar-refractivity contribution in [1.82, 2.24) is 20.0 Å². The van der Waals surface area contributed by atoms with Crippen LogP contribution in [0.4, 0.5) is 0 Å². The van der Waals surface area contributed by atoms with Crippen molar-refractivity contribution in [2.75, 3.05) is 20.2 Å². The van der Waals surface area contributed by atoms with E-state index in [1.807, 2.05) is 42.5 Å². The average Bonchev–Trinajstić information content (AvgIpc) is 3.11. The minimum absolute atomic E-state index is 0.0831. The predicted octanol–water partition coefficient (Wildman–Crippen LogP) is 2.31. The topological polar surface area (TPSA) is 81.4 Å². The minimum Gasteiger partial charge on any atom is -0.497 e. The number of likely N-dealkylation sites (tertiary alicyclic amines) is 1. The Morgan fingerprint density at radius 1 is 1.23 bits per heavy atom. The monoisotopic (exact) mass is 350 g/mol. The highest BCUT2D eigenvalue weighted by Crippen LogP contribution is 2.27. The summed E-state index contributed by atoms with van der Waals surface area (Å²) in [5.74, 6) is 1.99. The maximum atomic E-state index is 12.4. The first kappa shape index (κ1) is 16.3. The molecular formula is C19H18N4O3. The number of methoxy groups -OCH3 is 1. The molecule has 0 atom stereocenters. The van der Waals surface area contributed by atoms with E-state index in [1.54, 1.807) is 18.2 Å². The Labute approximate surface area is 150 Å². The van der Waals surface area contributed by atoms with Gasteiger partial charge < -0.3 is 14.2 Å². The van der Waals surface area contributed by atoms with Gasteiger partial charge in [0, 0.05) is 19.3 Å². The first-order valence-corrected chi connectivity index (χ1v) is 8.38. The Kier molecular flexibility index (Phi) is 4.35. The summed E-state index contributed by atoms with van der Waals surface area (Å²) < 4.78 is 10.5. The van der Waals surface area contributed by atoms with Gasteiger partial charge in [0.05, 0.1) is 19.4 Å². The number of benzene rings is 1. The molecule has 2 aromatic heterocycles. The zero-order chi connectivity index (χ0) is 17.9. The van der Waals surface area contributed by atoms with Crippen LogP contribution in [0, 0.1) is 0 Å². The lowest BCUT2D eigenvalue weighted by atomic mass is 9.99. The van der Waals surface area contributed by atoms with Crippen molar-refractivity contribution in [3.8, 4) is 17.3 Å². The van der Waals surface area contributed by atoms with E-state index in [1.165, 1.54) is 0 Å². The third-order valence-corrected chi connectivity index (χ3v) is 4.43. The van der Waals surface area contributed by atoms with E-state index in [4.69, 9.17) is 9.26 Å². The van der Waals surface area contributed by atoms with Gasteiger partial charge in [0.1, 0.15) is 11.4 Å². The number of nitrogens with zero attached hydrogens (tertiary/aromatic N) is 4. The van der Waals surface area contributed by atoms with Crippen LogP contribution in [0.25, 0.3) is 11.5 Å². The van der Waals surface area contributed by atoms with Crippen molar-refractivity contribution in [2.45, 2.75) is 12.3 Å². The maximum absolute atomic E-state index is 12.4. The molecule has 3 aromatic rings. The van der Waals surface area contributed by atoms with Crippen molar-refractivity contribution < 1.29 is 14.1 Å². The summed E-state index contributed by atoms with van der Waals surface area (Å²) in [6.07, 6.45) is 2.06. The van der Waals surface area contributed by atoms with Gasteiger partial charge >= 0.3 is 0 Å². The number of pyridine rings is 1. The molecule has 1 aromatic carbocycles. The Morgan fingerprint density at radius 2 is 2.04 bits per heavy atom. The summed E-state index contributed by atoms with van der Waals surface area (Å²) in [4.78, 5) is 22.8. The van der Waals surface area contributed by atoms with E-state index in [2.05, 4.69) is 15.1 Å². The number of amides is 1. The van der Waals surface area contributed by atoms with Crippen LogP contribution < -0.4 is 4.74 Å². The molecule has 0 radical (unpaired) electrons. The molecule has 0 saturated carbocycles. The molecule has 4 rings (SSSR count). The first-order chi connectivity index (χ1) is 12.7. The lowest BCUT2D eigenvalue weighted by Gasteiger charge is -2.37. The van der Waals surface area contributed by atoms with E-state index in [-0.39, 0.29) is 11.8 Å². The summed E-state index contributed by atoms with van der Waals surface area (Å²) >= 11 is 0. The number of hydrogen-bond acceptors (Lipinski definition) is 6. The van der Waals surface area contributed by atoms with E-state index in [0.29, 0.717) is 36.9 Å². The van der Waals surface area contributed by atoms with Gasteiger partial charge in [-0.3, -0.25) is 9.78 Å². The average molecular weight is 350 g/mol. The van der Waals surface area contributed by atoms with Crippen LogP contribution in [0.5, 0.6) is 5.75 Å². The molecule has 132 valence electrons. The normalized spacial score (nSPS) is 14.1. The van der Waals surface area contributed by atoms with E-state index in [0.717, 1.165) is 11.3 Å². The maximum Gasteiger partial charge on any atom is 0.233 e. The fourth-order valence-electron chi connectivity index (χ4n) is 2.87. The van der Waals surface area contributed by atoms with Gasteiger partial charge in [-0.25, -0.2) is 0 Å². The van der Waals surface area contributed by atoms with E-state index < -0.39 is 0 Å². The highest BCUT2D eigenvalue weighted by Gasteiger charge is 2.35. The van der Waals surface area contributed by atoms with Crippen LogP contribution in [0.15, 0.2) is 53.2 Å². The van der Waals surface area contributed by atoms with Crippen molar-refractivity contribution in [3.63, 3.8) is 0 Å². The highest BCUT2D eigenvalue weighted by molar-refractivity contribution is 5.79. The molecule has 0 spiro atoms. The Bertz CT molecular complexity index is 887. The van der Waals surface area contributed by atoms with Crippen molar-refractivity contribution in [2.24, 2.45) is 0 Å². The van der Waals surface area contributed by atoms with Gasteiger partial charge in [-0.1, -0.05) is 23.4 Å². The molecule has 1 aliphatic heterocycles. The molecule has 1 fully saturated rings. The fraction of sp³-hybridized carbons (Fsp3) is 0.263. The first-order valence-electron chi connectivity index (χ1n) is 8.38. The van der Waals surface area contributed by atoms with Crippen LogP contribution in [0.3, 0.4) is 0 Å². The third kappa shape index (κ3) is 3.28. The summed E-state index contributed by atoms with van der Waals surface area (Å²) in [6.45, 7) is 1.19. The molecule has 7 heteroatoms. The Balaban J connectivity index is 1.33. The molecule has 1 aliphatic rings. The Hall–Kier alpha value is -3.22. The second-order valence-electron chi connectivity index (χ2n) is 6.19. The van der Waals surface area contributed by atoms with E-state index in [9.17, 15) is 4.79 Å². The molecule has 3 heterocycles. The third-order valence-electron chi connectivity index (χ3n) is 4.43. The molecule has 1 saturated heterocycles. The largest absolute Gasteiger partial charge is 0.497 e. The van der Waals surface area contributed by atoms with Gasteiger partial charge in [-0.15, -0.1) is 0 Å². The predicted molar refractivity (Wildman–Crippen MR) is 93.5 cm³/mol. The molecule has 7 nitrogen and oxygen atoms in total. The van der Waals surface area contributed by atoms with Crippen LogP contribution in [0.2, 0.25) is 0 Å². The van der Waals surface area contributed by atoms with Gasteiger partial charge in [-0.05, 0) is 29.8 Å². The van der Waals surface area contributed by atoms with Gasteiger partial charge in [0.15, 0.2) is 0 Å². The standard InChI is InChI=1S/C19H18N4O3/c1-25-15-7-5-13(6-8-15)10-17(24)23-11-14(12-23)19-21-18(22-26-19)16-4-2-3-9-20-16/h2-9,14H,10-12H2,1H3. The second-order valence-corrected chi connectivity index (χ2v) is 6.19. The minimum atomic E-state index is 0.0831. The lowest BCUT2D eigenvalue weighted by Crippen LogP contribution is -2.49. The molecular weight excluding hydrogens is 332 g/mol. The number of rotatable bonds is 5. The molecule has 0 N–H and O–H groups in total. The highest BCUT2D eigenvalue weighted by atomic mass is 16.5. The zero-order valence-corrected chi connectivity index (χ0v) is 14.3. The van der Waals surface area contributed by atoms with Crippen LogP contribution in [0.1, 0.15) is 17.4 Å². The summed E-state index contributed by atoms with van der Waals surface area (Å²) in [5, 5.41) is 3.98. The fourth-order valence-corrected chi connectivity index (χ4v) is 2.87. The van der Waals surface area contributed by atoms with Crippen LogP contribution in [-0.2, 0) is 11.2 Å². The lowest BCUT2D eigenvalue weighted by molar-refractivity contribution is -0.135. The summed E-state index contributed by atoms with van der Waals surface area (Å²) in [7, 11) is 1.62. The molecule has 0 aliphatic carbocycles. The summed E-state index contributed by atoms with van der Waals surface area (Å²) in [6, 6.07) is 13.1. The van der Waals surface area contributed by atoms with Gasteiger partial charge in [0.2, 0.25) is 17.6 Å². The molecule has 1 amide bonds. The molecule has 0 bridgehead atoms. The smallest absolute Gasteiger partial charge is 0.233 e. The van der Waals surface area contributed by atoms with Crippen molar-refractivity contribution in [3.05, 3.63) is 60.1 Å². The van der Waals surface area contributed by atoms with Crippen LogP contribution in [-0.4, -0.2) is 46.1 Å². The number of carbonyl (C=O) groups excluding carboxylic acids is 1. The number of carbonyl (C=O) groups is 1. The molecule has 26 heavy (non-hydrogen) atoms. The van der Waals surface area contributed by atoms with Gasteiger partial charge in [0.25, 0.3) is 0 Å². The quantitative estimate of drug-likeness (QED) is 0.702. The number of ether oxygens (including phenoxy) is 1. The number of hydrogen-bond donors (Lipinski definition) is 0. The van der Waals surface area contributed by atoms with Gasteiger partial charge in [-0.2, -0.15) is 4.98 Å². The summed E-state index contributed by atoms with van der Waals surface area (Å²) in [5.41, 5.74) is 1.64. The second kappa shape index (κ2) is 6.95. The van der Waals surface area contributed by atoms with Crippen molar-refractivity contribution >= 4 is 5.91 Å². The SMILES string of the molecule is COc1ccc(CC(=O)N2CC(c3nc(-c4ccccn4)no3)C2)cc1.